The highest BCUT2D eigenvalue weighted by Crippen LogP contribution is 2.20. The molecular weight excluding hydrogens is 326 g/mol. The summed E-state index contributed by atoms with van der Waals surface area (Å²) in [7, 11) is 1.64. The van der Waals surface area contributed by atoms with Crippen molar-refractivity contribution in [3.8, 4) is 5.75 Å². The molecule has 3 aromatic rings. The van der Waals surface area contributed by atoms with Crippen LogP contribution in [0.3, 0.4) is 0 Å². The maximum Gasteiger partial charge on any atom is 0.229 e. The van der Waals surface area contributed by atoms with Crippen molar-refractivity contribution in [3.63, 3.8) is 0 Å². The second kappa shape index (κ2) is 8.16. The van der Waals surface area contributed by atoms with Crippen LogP contribution in [0.1, 0.15) is 11.1 Å². The molecule has 0 aliphatic rings. The number of hydrogen-bond acceptors (Lipinski definition) is 4. The molecule has 2 aromatic carbocycles. The van der Waals surface area contributed by atoms with Gasteiger partial charge in [0.25, 0.3) is 0 Å². The highest BCUT2D eigenvalue weighted by atomic mass is 16.5. The quantitative estimate of drug-likeness (QED) is 0.697. The lowest BCUT2D eigenvalue weighted by Crippen LogP contribution is -2.15. The zero-order valence-electron chi connectivity index (χ0n) is 14.8. The zero-order valence-corrected chi connectivity index (χ0v) is 14.8. The molecule has 5 heteroatoms. The molecule has 132 valence electrons. The summed E-state index contributed by atoms with van der Waals surface area (Å²) in [6, 6.07) is 19.1. The number of nitrogens with zero attached hydrogens (tertiary/aromatic N) is 1. The molecule has 0 aliphatic heterocycles. The molecule has 2 N–H and O–H groups in total. The molecular formula is C21H21N3O2. The fourth-order valence-electron chi connectivity index (χ4n) is 2.55. The van der Waals surface area contributed by atoms with Crippen molar-refractivity contribution < 1.29 is 9.53 Å². The van der Waals surface area contributed by atoms with Crippen LogP contribution in [0.5, 0.6) is 5.75 Å². The molecule has 1 amide bonds. The number of aryl methyl sites for hydroxylation is 1. The number of anilines is 3. The molecule has 0 fully saturated rings. The van der Waals surface area contributed by atoms with Gasteiger partial charge in [-0.2, -0.15) is 0 Å². The number of hydrogen-bond donors (Lipinski definition) is 2. The van der Waals surface area contributed by atoms with Crippen molar-refractivity contribution in [2.45, 2.75) is 13.3 Å². The Bertz CT molecular complexity index is 875. The van der Waals surface area contributed by atoms with E-state index in [1.165, 1.54) is 0 Å². The van der Waals surface area contributed by atoms with Gasteiger partial charge in [0, 0.05) is 5.69 Å². The van der Waals surface area contributed by atoms with Gasteiger partial charge in [-0.1, -0.05) is 24.3 Å². The molecule has 0 unspecified atom stereocenters. The molecule has 0 saturated heterocycles. The molecule has 1 aromatic heterocycles. The first-order valence-electron chi connectivity index (χ1n) is 8.35. The number of methoxy groups -OCH3 is 1. The van der Waals surface area contributed by atoms with E-state index >= 15 is 0 Å². The van der Waals surface area contributed by atoms with Crippen LogP contribution in [0.15, 0.2) is 66.9 Å². The van der Waals surface area contributed by atoms with E-state index in [-0.39, 0.29) is 5.91 Å². The van der Waals surface area contributed by atoms with E-state index in [2.05, 4.69) is 15.6 Å². The Kier molecular flexibility index (Phi) is 5.49. The number of carbonyl (C=O) groups excluding carboxylic acids is 1. The lowest BCUT2D eigenvalue weighted by atomic mass is 10.1. The number of amides is 1. The van der Waals surface area contributed by atoms with Crippen LogP contribution in [-0.2, 0) is 11.2 Å². The van der Waals surface area contributed by atoms with E-state index < -0.39 is 0 Å². The molecule has 0 radical (unpaired) electrons. The number of aromatic nitrogens is 1. The molecule has 0 bridgehead atoms. The van der Waals surface area contributed by atoms with E-state index in [1.54, 1.807) is 19.4 Å². The third-order valence-electron chi connectivity index (χ3n) is 4.02. The van der Waals surface area contributed by atoms with Gasteiger partial charge in [-0.05, 0) is 54.4 Å². The highest BCUT2D eigenvalue weighted by molar-refractivity contribution is 5.91. The van der Waals surface area contributed by atoms with Gasteiger partial charge in [0.2, 0.25) is 5.91 Å². The third kappa shape index (κ3) is 4.60. The van der Waals surface area contributed by atoms with Crippen LogP contribution >= 0.6 is 0 Å². The van der Waals surface area contributed by atoms with Crippen LogP contribution in [0.4, 0.5) is 17.2 Å². The van der Waals surface area contributed by atoms with Gasteiger partial charge in [0.05, 0.1) is 25.4 Å². The average Bonchev–Trinajstić information content (AvgIpc) is 2.66. The maximum absolute atomic E-state index is 12.2. The Morgan fingerprint density at radius 1 is 1.00 bits per heavy atom. The van der Waals surface area contributed by atoms with Gasteiger partial charge in [-0.15, -0.1) is 0 Å². The number of nitrogens with one attached hydrogen (secondary N) is 2. The van der Waals surface area contributed by atoms with Gasteiger partial charge in [-0.25, -0.2) is 4.98 Å². The van der Waals surface area contributed by atoms with Crippen molar-refractivity contribution >= 4 is 23.1 Å². The summed E-state index contributed by atoms with van der Waals surface area (Å²) in [5, 5.41) is 6.08. The largest absolute Gasteiger partial charge is 0.497 e. The highest BCUT2D eigenvalue weighted by Gasteiger charge is 2.07. The monoisotopic (exact) mass is 347 g/mol. The second-order valence-electron chi connectivity index (χ2n) is 5.94. The molecule has 0 atom stereocenters. The first kappa shape index (κ1) is 17.5. The molecule has 0 saturated carbocycles. The standard InChI is InChI=1S/C21H21N3O2/c1-15-5-3-4-6-16(15)13-21(25)24-20-12-9-18(14-22-20)23-17-7-10-19(26-2)11-8-17/h3-12,14,23H,13H2,1-2H3,(H,22,24,25). The Labute approximate surface area is 153 Å². The first-order valence-corrected chi connectivity index (χ1v) is 8.35. The number of pyridine rings is 1. The summed E-state index contributed by atoms with van der Waals surface area (Å²) in [5.41, 5.74) is 3.90. The molecule has 5 nitrogen and oxygen atoms in total. The van der Waals surface area contributed by atoms with E-state index in [4.69, 9.17) is 4.74 Å². The maximum atomic E-state index is 12.2. The minimum Gasteiger partial charge on any atom is -0.497 e. The number of carbonyl (C=O) groups is 1. The Morgan fingerprint density at radius 2 is 1.73 bits per heavy atom. The second-order valence-corrected chi connectivity index (χ2v) is 5.94. The Morgan fingerprint density at radius 3 is 2.38 bits per heavy atom. The Hall–Kier alpha value is -3.34. The summed E-state index contributed by atoms with van der Waals surface area (Å²) in [5.74, 6) is 1.26. The molecule has 3 rings (SSSR count). The molecule has 0 spiro atoms. The van der Waals surface area contributed by atoms with Crippen molar-refractivity contribution in [2.75, 3.05) is 17.7 Å². The minimum atomic E-state index is -0.0809. The summed E-state index contributed by atoms with van der Waals surface area (Å²) >= 11 is 0. The van der Waals surface area contributed by atoms with Crippen LogP contribution < -0.4 is 15.4 Å². The first-order chi connectivity index (χ1) is 12.6. The molecule has 0 aliphatic carbocycles. The van der Waals surface area contributed by atoms with E-state index in [0.29, 0.717) is 12.2 Å². The Balaban J connectivity index is 1.58. The van der Waals surface area contributed by atoms with Crippen molar-refractivity contribution in [1.82, 2.24) is 4.98 Å². The lowest BCUT2D eigenvalue weighted by Gasteiger charge is -2.09. The van der Waals surface area contributed by atoms with Crippen LogP contribution in [0, 0.1) is 6.92 Å². The van der Waals surface area contributed by atoms with Crippen molar-refractivity contribution in [2.24, 2.45) is 0 Å². The van der Waals surface area contributed by atoms with Crippen LogP contribution in [-0.4, -0.2) is 18.0 Å². The van der Waals surface area contributed by atoms with Gasteiger partial charge in [0.1, 0.15) is 11.6 Å². The van der Waals surface area contributed by atoms with E-state index in [9.17, 15) is 4.79 Å². The summed E-state index contributed by atoms with van der Waals surface area (Å²) in [4.78, 5) is 16.5. The third-order valence-corrected chi connectivity index (χ3v) is 4.02. The average molecular weight is 347 g/mol. The topological polar surface area (TPSA) is 63.2 Å². The smallest absolute Gasteiger partial charge is 0.229 e. The number of rotatable bonds is 6. The fourth-order valence-corrected chi connectivity index (χ4v) is 2.55. The van der Waals surface area contributed by atoms with Gasteiger partial charge < -0.3 is 15.4 Å². The SMILES string of the molecule is COc1ccc(Nc2ccc(NC(=O)Cc3ccccc3C)nc2)cc1. The normalized spacial score (nSPS) is 10.2. The van der Waals surface area contributed by atoms with Gasteiger partial charge >= 0.3 is 0 Å². The number of ether oxygens (including phenoxy) is 1. The summed E-state index contributed by atoms with van der Waals surface area (Å²) in [6.45, 7) is 2.00. The summed E-state index contributed by atoms with van der Waals surface area (Å²) < 4.78 is 5.14. The van der Waals surface area contributed by atoms with Crippen molar-refractivity contribution in [3.05, 3.63) is 78.0 Å². The van der Waals surface area contributed by atoms with E-state index in [1.807, 2.05) is 61.5 Å². The lowest BCUT2D eigenvalue weighted by molar-refractivity contribution is -0.115. The predicted octanol–water partition coefficient (Wildman–Crippen LogP) is 4.32. The molecule has 1 heterocycles. The zero-order chi connectivity index (χ0) is 18.4. The number of benzene rings is 2. The van der Waals surface area contributed by atoms with Gasteiger partial charge in [0.15, 0.2) is 0 Å². The summed E-state index contributed by atoms with van der Waals surface area (Å²) in [6.07, 6.45) is 2.02. The van der Waals surface area contributed by atoms with Crippen LogP contribution in [0.25, 0.3) is 0 Å². The van der Waals surface area contributed by atoms with Crippen LogP contribution in [0.2, 0.25) is 0 Å². The minimum absolute atomic E-state index is 0.0809. The van der Waals surface area contributed by atoms with E-state index in [0.717, 1.165) is 28.3 Å². The van der Waals surface area contributed by atoms with Crippen molar-refractivity contribution in [1.29, 1.82) is 0 Å². The fraction of sp³-hybridized carbons (Fsp3) is 0.143. The molecule has 26 heavy (non-hydrogen) atoms. The van der Waals surface area contributed by atoms with Gasteiger partial charge in [-0.3, -0.25) is 4.79 Å². The predicted molar refractivity (Wildman–Crippen MR) is 104 cm³/mol.